The van der Waals surface area contributed by atoms with E-state index in [2.05, 4.69) is 22.2 Å². The molecular formula is C16H23FN4OS. The third kappa shape index (κ3) is 4.09. The number of hydrogen-bond acceptors (Lipinski definition) is 4. The molecule has 126 valence electrons. The minimum absolute atomic E-state index is 0.133. The van der Waals surface area contributed by atoms with Gasteiger partial charge in [-0.3, -0.25) is 0 Å². The summed E-state index contributed by atoms with van der Waals surface area (Å²) in [6.45, 7) is 5.18. The number of thioether (sulfide) groups is 1. The van der Waals surface area contributed by atoms with Gasteiger partial charge >= 0.3 is 6.03 Å². The minimum atomic E-state index is -0.327. The van der Waals surface area contributed by atoms with Crippen molar-refractivity contribution >= 4 is 29.2 Å². The largest absolute Gasteiger partial charge is 0.367 e. The molecule has 2 aliphatic rings. The first-order valence-corrected chi connectivity index (χ1v) is 9.15. The van der Waals surface area contributed by atoms with Gasteiger partial charge in [0.25, 0.3) is 0 Å². The van der Waals surface area contributed by atoms with E-state index in [-0.39, 0.29) is 11.8 Å². The Morgan fingerprint density at radius 1 is 1.13 bits per heavy atom. The number of hydrogen-bond donors (Lipinski definition) is 1. The summed E-state index contributed by atoms with van der Waals surface area (Å²) in [5.41, 5.74) is 1.47. The first kappa shape index (κ1) is 16.4. The highest BCUT2D eigenvalue weighted by Gasteiger charge is 2.21. The zero-order valence-electron chi connectivity index (χ0n) is 13.4. The summed E-state index contributed by atoms with van der Waals surface area (Å²) in [7, 11) is 2.10. The highest BCUT2D eigenvalue weighted by molar-refractivity contribution is 7.99. The maximum Gasteiger partial charge on any atom is 0.321 e. The number of amides is 2. The summed E-state index contributed by atoms with van der Waals surface area (Å²) in [6.07, 6.45) is 0. The van der Waals surface area contributed by atoms with Gasteiger partial charge in [0.1, 0.15) is 5.82 Å². The Morgan fingerprint density at radius 2 is 1.83 bits per heavy atom. The lowest BCUT2D eigenvalue weighted by atomic mass is 10.2. The van der Waals surface area contributed by atoms with E-state index in [9.17, 15) is 9.18 Å². The number of urea groups is 1. The van der Waals surface area contributed by atoms with Crippen molar-refractivity contribution in [2.24, 2.45) is 0 Å². The molecule has 0 aromatic heterocycles. The quantitative estimate of drug-likeness (QED) is 0.897. The Labute approximate surface area is 140 Å². The van der Waals surface area contributed by atoms with E-state index in [4.69, 9.17) is 0 Å². The molecule has 3 rings (SSSR count). The average molecular weight is 338 g/mol. The van der Waals surface area contributed by atoms with Gasteiger partial charge in [0.2, 0.25) is 0 Å². The number of carbonyl (C=O) groups is 1. The third-order valence-electron chi connectivity index (χ3n) is 4.34. The number of likely N-dealkylation sites (N-methyl/N-ethyl adjacent to an activating group) is 1. The molecule has 2 fully saturated rings. The van der Waals surface area contributed by atoms with Crippen LogP contribution >= 0.6 is 11.8 Å². The molecule has 0 bridgehead atoms. The van der Waals surface area contributed by atoms with Gasteiger partial charge in [-0.2, -0.15) is 11.8 Å². The molecule has 5 nitrogen and oxygen atoms in total. The van der Waals surface area contributed by atoms with Crippen LogP contribution in [0.15, 0.2) is 18.2 Å². The van der Waals surface area contributed by atoms with Crippen molar-refractivity contribution in [3.8, 4) is 0 Å². The summed E-state index contributed by atoms with van der Waals surface area (Å²) in [5.74, 6) is 1.59. The number of rotatable bonds is 2. The molecule has 1 aromatic carbocycles. The smallest absolute Gasteiger partial charge is 0.321 e. The van der Waals surface area contributed by atoms with Crippen molar-refractivity contribution in [2.45, 2.75) is 0 Å². The molecule has 0 unspecified atom stereocenters. The summed E-state index contributed by atoms with van der Waals surface area (Å²) >= 11 is 1.86. The first-order valence-electron chi connectivity index (χ1n) is 8.00. The van der Waals surface area contributed by atoms with Crippen LogP contribution in [0.2, 0.25) is 0 Å². The van der Waals surface area contributed by atoms with Gasteiger partial charge < -0.3 is 20.0 Å². The van der Waals surface area contributed by atoms with Crippen LogP contribution in [-0.2, 0) is 0 Å². The van der Waals surface area contributed by atoms with Gasteiger partial charge in [-0.25, -0.2) is 9.18 Å². The molecule has 2 saturated heterocycles. The lowest BCUT2D eigenvalue weighted by Crippen LogP contribution is -2.45. The number of halogens is 1. The zero-order chi connectivity index (χ0) is 16.2. The van der Waals surface area contributed by atoms with Crippen LogP contribution in [0.5, 0.6) is 0 Å². The van der Waals surface area contributed by atoms with Gasteiger partial charge in [0, 0.05) is 50.8 Å². The molecule has 0 radical (unpaired) electrons. The van der Waals surface area contributed by atoms with Crippen molar-refractivity contribution in [3.05, 3.63) is 24.0 Å². The molecule has 2 aliphatic heterocycles. The maximum absolute atomic E-state index is 13.7. The van der Waals surface area contributed by atoms with Gasteiger partial charge in [-0.15, -0.1) is 0 Å². The Bertz CT molecular complexity index is 557. The summed E-state index contributed by atoms with van der Waals surface area (Å²) in [5, 5.41) is 2.91. The average Bonchev–Trinajstić information content (AvgIpc) is 2.57. The normalized spacial score (nSPS) is 19.7. The molecule has 23 heavy (non-hydrogen) atoms. The van der Waals surface area contributed by atoms with Gasteiger partial charge in [0.15, 0.2) is 0 Å². The lowest BCUT2D eigenvalue weighted by Gasteiger charge is -2.35. The van der Waals surface area contributed by atoms with E-state index >= 15 is 0 Å². The molecule has 0 atom stereocenters. The van der Waals surface area contributed by atoms with E-state index in [1.165, 1.54) is 12.1 Å². The van der Waals surface area contributed by atoms with E-state index in [1.54, 1.807) is 11.0 Å². The molecule has 2 heterocycles. The zero-order valence-corrected chi connectivity index (χ0v) is 14.2. The molecule has 7 heteroatoms. The monoisotopic (exact) mass is 338 g/mol. The SMILES string of the molecule is CN1CCN(c2ccc(F)cc2NC(=O)N2CCSCC2)CC1. The van der Waals surface area contributed by atoms with Crippen LogP contribution in [0.25, 0.3) is 0 Å². The van der Waals surface area contributed by atoms with Crippen molar-refractivity contribution in [1.29, 1.82) is 0 Å². The Hall–Kier alpha value is -1.47. The predicted octanol–water partition coefficient (Wildman–Crippen LogP) is 2.16. The second-order valence-corrected chi connectivity index (χ2v) is 7.21. The second-order valence-electron chi connectivity index (χ2n) is 5.98. The van der Waals surface area contributed by atoms with Gasteiger partial charge in [-0.05, 0) is 25.2 Å². The van der Waals surface area contributed by atoms with Crippen molar-refractivity contribution in [1.82, 2.24) is 9.80 Å². The van der Waals surface area contributed by atoms with Crippen LogP contribution in [-0.4, -0.2) is 73.7 Å². The Kier molecular flexibility index (Phi) is 5.27. The Morgan fingerprint density at radius 3 is 2.52 bits per heavy atom. The summed E-state index contributed by atoms with van der Waals surface area (Å²) in [4.78, 5) is 18.7. The van der Waals surface area contributed by atoms with Crippen molar-refractivity contribution in [2.75, 3.05) is 68.0 Å². The standard InChI is InChI=1S/C16H23FN4OS/c1-19-4-6-20(7-5-19)15-3-2-13(17)12-14(15)18-16(22)21-8-10-23-11-9-21/h2-3,12H,4-11H2,1H3,(H,18,22). The molecule has 2 amide bonds. The highest BCUT2D eigenvalue weighted by Crippen LogP contribution is 2.28. The second kappa shape index (κ2) is 7.40. The van der Waals surface area contributed by atoms with Crippen LogP contribution in [0, 0.1) is 5.82 Å². The first-order chi connectivity index (χ1) is 11.1. The maximum atomic E-state index is 13.7. The lowest BCUT2D eigenvalue weighted by molar-refractivity contribution is 0.217. The van der Waals surface area contributed by atoms with Gasteiger partial charge in [0.05, 0.1) is 11.4 Å². The number of nitrogens with one attached hydrogen (secondary N) is 1. The molecule has 1 aromatic rings. The summed E-state index contributed by atoms with van der Waals surface area (Å²) in [6, 6.07) is 4.51. The van der Waals surface area contributed by atoms with Crippen LogP contribution in [0.3, 0.4) is 0 Å². The predicted molar refractivity (Wildman–Crippen MR) is 94.0 cm³/mol. The van der Waals surface area contributed by atoms with Gasteiger partial charge in [-0.1, -0.05) is 0 Å². The number of benzene rings is 1. The number of anilines is 2. The fraction of sp³-hybridized carbons (Fsp3) is 0.562. The van der Waals surface area contributed by atoms with E-state index < -0.39 is 0 Å². The van der Waals surface area contributed by atoms with Crippen LogP contribution in [0.1, 0.15) is 0 Å². The number of nitrogens with zero attached hydrogens (tertiary/aromatic N) is 3. The molecule has 0 saturated carbocycles. The summed E-state index contributed by atoms with van der Waals surface area (Å²) < 4.78 is 13.7. The van der Waals surface area contributed by atoms with Crippen molar-refractivity contribution < 1.29 is 9.18 Å². The van der Waals surface area contributed by atoms with Crippen LogP contribution < -0.4 is 10.2 Å². The number of carbonyl (C=O) groups excluding carboxylic acids is 1. The highest BCUT2D eigenvalue weighted by atomic mass is 32.2. The molecular weight excluding hydrogens is 315 g/mol. The molecule has 1 N–H and O–H groups in total. The van der Waals surface area contributed by atoms with E-state index in [0.717, 1.165) is 56.5 Å². The molecule has 0 spiro atoms. The third-order valence-corrected chi connectivity index (χ3v) is 5.28. The topological polar surface area (TPSA) is 38.8 Å². The van der Waals surface area contributed by atoms with Crippen LogP contribution in [0.4, 0.5) is 20.6 Å². The fourth-order valence-corrected chi connectivity index (χ4v) is 3.80. The van der Waals surface area contributed by atoms with E-state index in [1.807, 2.05) is 11.8 Å². The minimum Gasteiger partial charge on any atom is -0.367 e. The van der Waals surface area contributed by atoms with E-state index in [0.29, 0.717) is 5.69 Å². The number of piperazine rings is 1. The van der Waals surface area contributed by atoms with Crippen molar-refractivity contribution in [3.63, 3.8) is 0 Å². The Balaban J connectivity index is 1.74. The fourth-order valence-electron chi connectivity index (χ4n) is 2.89. The molecule has 0 aliphatic carbocycles.